The number of benzene rings is 1. The Labute approximate surface area is 109 Å². The van der Waals surface area contributed by atoms with Crippen molar-refractivity contribution in [2.45, 2.75) is 12.3 Å². The Balaban J connectivity index is 2.06. The fraction of sp³-hybridized carbons (Fsp3) is 0.273. The van der Waals surface area contributed by atoms with Crippen LogP contribution in [0.2, 0.25) is 0 Å². The number of aromatic nitrogens is 3. The summed E-state index contributed by atoms with van der Waals surface area (Å²) in [6, 6.07) is 5.40. The predicted molar refractivity (Wildman–Crippen MR) is 60.6 cm³/mol. The average molecular weight is 291 g/mol. The van der Waals surface area contributed by atoms with Crippen LogP contribution in [-0.4, -0.2) is 33.7 Å². The van der Waals surface area contributed by atoms with Gasteiger partial charge in [0.15, 0.2) is 6.61 Å². The molecular weight excluding hydrogens is 282 g/mol. The number of nitrogens with zero attached hydrogens (tertiary/aromatic N) is 2. The van der Waals surface area contributed by atoms with E-state index in [2.05, 4.69) is 14.9 Å². The largest absolute Gasteiger partial charge is 0.487 e. The maximum atomic E-state index is 12.7. The highest BCUT2D eigenvalue weighted by Gasteiger charge is 2.41. The Kier molecular flexibility index (Phi) is 3.77. The monoisotopic (exact) mass is 291 g/mol. The third-order valence-corrected chi connectivity index (χ3v) is 2.42. The number of alkyl halides is 4. The molecule has 0 saturated heterocycles. The highest BCUT2D eigenvalue weighted by molar-refractivity contribution is 5.36. The third kappa shape index (κ3) is 2.98. The van der Waals surface area contributed by atoms with E-state index in [4.69, 9.17) is 0 Å². The van der Waals surface area contributed by atoms with Gasteiger partial charge in [-0.15, -0.1) is 0 Å². The lowest BCUT2D eigenvalue weighted by atomic mass is 10.3. The molecule has 5 nitrogen and oxygen atoms in total. The number of ether oxygens (including phenoxy) is 1. The van der Waals surface area contributed by atoms with Gasteiger partial charge in [0.05, 0.1) is 5.69 Å². The highest BCUT2D eigenvalue weighted by atomic mass is 19.3. The van der Waals surface area contributed by atoms with Crippen molar-refractivity contribution in [3.8, 4) is 11.4 Å². The molecule has 0 radical (unpaired) electrons. The Morgan fingerprint density at radius 3 is 2.45 bits per heavy atom. The predicted octanol–water partition coefficient (Wildman–Crippen LogP) is 1.84. The van der Waals surface area contributed by atoms with Crippen LogP contribution >= 0.6 is 0 Å². The topological polar surface area (TPSA) is 59.9 Å². The summed E-state index contributed by atoms with van der Waals surface area (Å²) in [5.41, 5.74) is -0.0420. The average Bonchev–Trinajstić information content (AvgIpc) is 2.83. The van der Waals surface area contributed by atoms with Gasteiger partial charge in [0.1, 0.15) is 12.1 Å². The number of H-pyrrole nitrogens is 1. The second-order valence-electron chi connectivity index (χ2n) is 3.88. The van der Waals surface area contributed by atoms with Gasteiger partial charge in [-0.05, 0) is 24.3 Å². The SMILES string of the molecule is O=c1[nH]ncn1-c1ccc(OCC(F)(F)C(F)F)cc1. The van der Waals surface area contributed by atoms with Crippen LogP contribution in [0.5, 0.6) is 5.75 Å². The minimum atomic E-state index is -4.21. The van der Waals surface area contributed by atoms with Crippen LogP contribution in [0.4, 0.5) is 17.6 Å². The minimum Gasteiger partial charge on any atom is -0.487 e. The molecule has 1 N–H and O–H groups in total. The quantitative estimate of drug-likeness (QED) is 0.855. The summed E-state index contributed by atoms with van der Waals surface area (Å²) in [5.74, 6) is -4.22. The molecule has 0 aliphatic rings. The molecule has 0 amide bonds. The molecule has 0 saturated carbocycles. The molecule has 9 heteroatoms. The van der Waals surface area contributed by atoms with E-state index in [9.17, 15) is 22.4 Å². The van der Waals surface area contributed by atoms with Crippen LogP contribution in [0.3, 0.4) is 0 Å². The molecule has 0 spiro atoms. The van der Waals surface area contributed by atoms with Crippen molar-refractivity contribution in [3.05, 3.63) is 41.1 Å². The summed E-state index contributed by atoms with van der Waals surface area (Å²) in [4.78, 5) is 11.3. The van der Waals surface area contributed by atoms with E-state index in [1.54, 1.807) is 0 Å². The van der Waals surface area contributed by atoms with E-state index < -0.39 is 24.6 Å². The Hall–Kier alpha value is -2.32. The molecule has 1 aromatic carbocycles. The summed E-state index contributed by atoms with van der Waals surface area (Å²) >= 11 is 0. The smallest absolute Gasteiger partial charge is 0.347 e. The first kappa shape index (κ1) is 14.1. The molecular formula is C11H9F4N3O2. The maximum Gasteiger partial charge on any atom is 0.347 e. The zero-order valence-electron chi connectivity index (χ0n) is 9.89. The van der Waals surface area contributed by atoms with Crippen LogP contribution < -0.4 is 10.4 Å². The molecule has 2 rings (SSSR count). The zero-order valence-corrected chi connectivity index (χ0v) is 9.89. The van der Waals surface area contributed by atoms with E-state index >= 15 is 0 Å². The number of nitrogens with one attached hydrogen (secondary N) is 1. The number of rotatable bonds is 5. The lowest BCUT2D eigenvalue weighted by Gasteiger charge is -2.16. The number of hydrogen-bond acceptors (Lipinski definition) is 3. The van der Waals surface area contributed by atoms with E-state index in [-0.39, 0.29) is 5.75 Å². The molecule has 0 bridgehead atoms. The van der Waals surface area contributed by atoms with Crippen molar-refractivity contribution in [3.63, 3.8) is 0 Å². The van der Waals surface area contributed by atoms with E-state index in [0.29, 0.717) is 5.69 Å². The maximum absolute atomic E-state index is 12.7. The van der Waals surface area contributed by atoms with Gasteiger partial charge in [0, 0.05) is 0 Å². The van der Waals surface area contributed by atoms with Gasteiger partial charge in [-0.3, -0.25) is 0 Å². The fourth-order valence-electron chi connectivity index (χ4n) is 1.38. The second kappa shape index (κ2) is 5.35. The van der Waals surface area contributed by atoms with Gasteiger partial charge >= 0.3 is 18.0 Å². The molecule has 20 heavy (non-hydrogen) atoms. The summed E-state index contributed by atoms with van der Waals surface area (Å²) in [5, 5.41) is 5.70. The molecule has 108 valence electrons. The fourth-order valence-corrected chi connectivity index (χ4v) is 1.38. The van der Waals surface area contributed by atoms with Gasteiger partial charge in [0.25, 0.3) is 0 Å². The van der Waals surface area contributed by atoms with Gasteiger partial charge in [0.2, 0.25) is 0 Å². The molecule has 0 aliphatic heterocycles. The van der Waals surface area contributed by atoms with Crippen molar-refractivity contribution < 1.29 is 22.3 Å². The molecule has 1 aromatic heterocycles. The highest BCUT2D eigenvalue weighted by Crippen LogP contribution is 2.24. The normalized spacial score (nSPS) is 11.8. The van der Waals surface area contributed by atoms with Crippen LogP contribution in [0.15, 0.2) is 35.4 Å². The van der Waals surface area contributed by atoms with Crippen LogP contribution in [0.25, 0.3) is 5.69 Å². The zero-order chi connectivity index (χ0) is 14.8. The lowest BCUT2D eigenvalue weighted by Crippen LogP contribution is -2.33. The Morgan fingerprint density at radius 1 is 1.30 bits per heavy atom. The molecule has 1 heterocycles. The van der Waals surface area contributed by atoms with Crippen molar-refractivity contribution in [1.29, 1.82) is 0 Å². The summed E-state index contributed by atoms with van der Waals surface area (Å²) in [6.45, 7) is -1.42. The summed E-state index contributed by atoms with van der Waals surface area (Å²) < 4.78 is 54.9. The first-order valence-electron chi connectivity index (χ1n) is 5.41. The second-order valence-corrected chi connectivity index (χ2v) is 3.88. The van der Waals surface area contributed by atoms with Crippen molar-refractivity contribution >= 4 is 0 Å². The van der Waals surface area contributed by atoms with Gasteiger partial charge in [-0.1, -0.05) is 0 Å². The van der Waals surface area contributed by atoms with Crippen LogP contribution in [0, 0.1) is 0 Å². The van der Waals surface area contributed by atoms with E-state index in [1.807, 2.05) is 0 Å². The molecule has 0 atom stereocenters. The summed E-state index contributed by atoms with van der Waals surface area (Å²) in [6.07, 6.45) is -2.55. The van der Waals surface area contributed by atoms with E-state index in [1.165, 1.54) is 35.2 Å². The molecule has 0 unspecified atom stereocenters. The number of aromatic amines is 1. The summed E-state index contributed by atoms with van der Waals surface area (Å²) in [7, 11) is 0. The lowest BCUT2D eigenvalue weighted by molar-refractivity contribution is -0.148. The van der Waals surface area contributed by atoms with Crippen molar-refractivity contribution in [2.24, 2.45) is 0 Å². The Bertz CT molecular complexity index is 621. The molecule has 0 aliphatic carbocycles. The standard InChI is InChI=1S/C11H9F4N3O2/c12-9(13)11(14,15)5-20-8-3-1-7(2-4-8)18-6-16-17-10(18)19/h1-4,6,9H,5H2,(H,17,19). The van der Waals surface area contributed by atoms with Gasteiger partial charge in [-0.25, -0.2) is 23.2 Å². The molecule has 2 aromatic rings. The van der Waals surface area contributed by atoms with E-state index in [0.717, 1.165) is 0 Å². The van der Waals surface area contributed by atoms with Gasteiger partial charge < -0.3 is 4.74 Å². The van der Waals surface area contributed by atoms with Crippen molar-refractivity contribution in [1.82, 2.24) is 14.8 Å². The first-order chi connectivity index (χ1) is 9.40. The third-order valence-electron chi connectivity index (χ3n) is 2.42. The Morgan fingerprint density at radius 2 is 1.95 bits per heavy atom. The minimum absolute atomic E-state index is 0.00869. The van der Waals surface area contributed by atoms with Crippen LogP contribution in [-0.2, 0) is 0 Å². The van der Waals surface area contributed by atoms with Crippen molar-refractivity contribution in [2.75, 3.05) is 6.61 Å². The number of hydrogen-bond donors (Lipinski definition) is 1. The molecule has 0 fully saturated rings. The first-order valence-corrected chi connectivity index (χ1v) is 5.41. The number of halogens is 4. The van der Waals surface area contributed by atoms with Crippen LogP contribution in [0.1, 0.15) is 0 Å². The van der Waals surface area contributed by atoms with Gasteiger partial charge in [-0.2, -0.15) is 13.9 Å².